The number of fused-ring (bicyclic) bond motifs is 1. The zero-order chi connectivity index (χ0) is 32.8. The number of nitrogen functional groups attached to an aromatic ring is 1. The number of pyridine rings is 1. The summed E-state index contributed by atoms with van der Waals surface area (Å²) in [7, 11) is -10.7. The number of ether oxygens (including phenoxy) is 2. The van der Waals surface area contributed by atoms with Crippen molar-refractivity contribution >= 4 is 54.3 Å². The van der Waals surface area contributed by atoms with Crippen LogP contribution < -0.4 is 16.0 Å². The van der Waals surface area contributed by atoms with Crippen LogP contribution in [-0.4, -0.2) is 100 Å². The van der Waals surface area contributed by atoms with Crippen LogP contribution in [0.5, 0.6) is 0 Å². The minimum Gasteiger partial charge on any atom is -0.387 e. The third-order valence-electron chi connectivity index (χ3n) is 6.96. The number of hydrogen-bond acceptors (Lipinski definition) is 15. The van der Waals surface area contributed by atoms with E-state index in [1.807, 2.05) is 0 Å². The Bertz CT molecular complexity index is 1680. The molecule has 5 rings (SSSR count). The summed E-state index contributed by atoms with van der Waals surface area (Å²) < 4.78 is 52.8. The van der Waals surface area contributed by atoms with Gasteiger partial charge in [-0.25, -0.2) is 19.1 Å². The van der Waals surface area contributed by atoms with Crippen LogP contribution in [0.4, 0.5) is 5.82 Å². The number of nitrogens with zero attached hydrogens (tertiary/aromatic N) is 4. The number of aromatic nitrogens is 4. The van der Waals surface area contributed by atoms with E-state index < -0.39 is 83.8 Å². The Morgan fingerprint density at radius 3 is 2.29 bits per heavy atom. The van der Waals surface area contributed by atoms with Crippen molar-refractivity contribution < 1.29 is 71.5 Å². The zero-order valence-electron chi connectivity index (χ0n) is 22.7. The van der Waals surface area contributed by atoms with Crippen molar-refractivity contribution in [1.29, 1.82) is 0 Å². The maximum absolute atomic E-state index is 12.5. The lowest BCUT2D eigenvalue weighted by Crippen LogP contribution is -2.46. The normalized spacial score (nSPS) is 31.2. The number of phosphoric ester groups is 2. The summed E-state index contributed by atoms with van der Waals surface area (Å²) >= 11 is 3.30. The van der Waals surface area contributed by atoms with Gasteiger partial charge in [0.2, 0.25) is 0 Å². The summed E-state index contributed by atoms with van der Waals surface area (Å²) in [4.78, 5) is 39.5. The molecule has 10 atom stereocenters. The number of anilines is 1. The van der Waals surface area contributed by atoms with Gasteiger partial charge in [-0.1, -0.05) is 0 Å². The Labute approximate surface area is 261 Å². The van der Waals surface area contributed by atoms with E-state index in [9.17, 15) is 44.1 Å². The van der Waals surface area contributed by atoms with Crippen LogP contribution in [0.3, 0.4) is 0 Å². The van der Waals surface area contributed by atoms with Crippen molar-refractivity contribution in [2.75, 3.05) is 18.9 Å². The summed E-state index contributed by atoms with van der Waals surface area (Å²) in [5.74, 6) is -0.625. The van der Waals surface area contributed by atoms with Crippen LogP contribution in [0.15, 0.2) is 41.5 Å². The lowest BCUT2D eigenvalue weighted by Gasteiger charge is -2.20. The topological polar surface area (TPSA) is 305 Å². The van der Waals surface area contributed by atoms with Gasteiger partial charge in [0.1, 0.15) is 53.9 Å². The van der Waals surface area contributed by atoms with E-state index in [2.05, 4.69) is 30.2 Å². The average molecular weight is 742 g/mol. The molecular weight excluding hydrogens is 714 g/mol. The van der Waals surface area contributed by atoms with Crippen LogP contribution in [-0.2, 0) is 32.0 Å². The minimum absolute atomic E-state index is 0.0702. The van der Waals surface area contributed by atoms with Crippen molar-refractivity contribution in [3.63, 3.8) is 0 Å². The molecule has 0 spiro atoms. The highest BCUT2D eigenvalue weighted by molar-refractivity contribution is 9.10. The molecule has 3 aromatic heterocycles. The largest absolute Gasteiger partial charge is 0.481 e. The first-order chi connectivity index (χ1) is 21.1. The van der Waals surface area contributed by atoms with Crippen molar-refractivity contribution in [3.8, 4) is 0 Å². The summed E-state index contributed by atoms with van der Waals surface area (Å²) in [5.41, 5.74) is 11.4. The Morgan fingerprint density at radius 2 is 1.64 bits per heavy atom. The quantitative estimate of drug-likeness (QED) is 0.0806. The third kappa shape index (κ3) is 7.11. The van der Waals surface area contributed by atoms with E-state index in [0.717, 1.165) is 0 Å². The summed E-state index contributed by atoms with van der Waals surface area (Å²) in [5, 5.41) is 42.3. The number of nitrogens with two attached hydrogens (primary N) is 2. The molecule has 5 heterocycles. The fraction of sp³-hybridized carbons (Fsp3) is 0.455. The van der Waals surface area contributed by atoms with Gasteiger partial charge in [-0.2, -0.15) is 8.88 Å². The number of rotatable bonds is 11. The van der Waals surface area contributed by atoms with E-state index in [1.165, 1.54) is 40.0 Å². The number of amides is 1. The van der Waals surface area contributed by atoms with E-state index in [1.54, 1.807) is 6.07 Å². The highest BCUT2D eigenvalue weighted by Gasteiger charge is 2.50. The second-order valence-electron chi connectivity index (χ2n) is 9.94. The lowest BCUT2D eigenvalue weighted by atomic mass is 10.1. The van der Waals surface area contributed by atoms with Gasteiger partial charge in [0.05, 0.1) is 23.2 Å². The number of hydrogen-bond donors (Lipinski definition) is 8. The summed E-state index contributed by atoms with van der Waals surface area (Å²) in [6.45, 7) is -1.79. The van der Waals surface area contributed by atoms with Crippen molar-refractivity contribution in [1.82, 2.24) is 14.5 Å². The van der Waals surface area contributed by atoms with Crippen LogP contribution in [0.1, 0.15) is 22.8 Å². The molecule has 0 aromatic carbocycles. The van der Waals surface area contributed by atoms with Crippen molar-refractivity contribution in [2.24, 2.45) is 5.73 Å². The predicted octanol–water partition coefficient (Wildman–Crippen LogP) is -1.65. The zero-order valence-corrected chi connectivity index (χ0v) is 26.0. The Morgan fingerprint density at radius 1 is 1.02 bits per heavy atom. The molecule has 246 valence electrons. The molecule has 1 amide bonds. The molecule has 2 aliphatic rings. The molecule has 2 unspecified atom stereocenters. The Kier molecular flexibility index (Phi) is 9.77. The number of carbonyl (C=O) groups excluding carboxylic acids is 1. The lowest BCUT2D eigenvalue weighted by molar-refractivity contribution is -0.765. The van der Waals surface area contributed by atoms with E-state index in [-0.39, 0.29) is 17.0 Å². The number of aliphatic hydroxyl groups is 4. The molecule has 45 heavy (non-hydrogen) atoms. The monoisotopic (exact) mass is 741 g/mol. The van der Waals surface area contributed by atoms with Gasteiger partial charge in [0.25, 0.3) is 12.1 Å². The predicted molar refractivity (Wildman–Crippen MR) is 149 cm³/mol. The molecule has 10 N–H and O–H groups in total. The average Bonchev–Trinajstić information content (AvgIpc) is 3.56. The molecule has 20 nitrogen and oxygen atoms in total. The van der Waals surface area contributed by atoms with Crippen LogP contribution in [0, 0.1) is 0 Å². The molecule has 3 aromatic rings. The van der Waals surface area contributed by atoms with Gasteiger partial charge in [0, 0.05) is 6.07 Å². The van der Waals surface area contributed by atoms with Gasteiger partial charge in [-0.3, -0.25) is 18.4 Å². The number of phosphoric acid groups is 2. The number of primary amides is 1. The second kappa shape index (κ2) is 13.0. The molecule has 0 saturated carbocycles. The first-order valence-electron chi connectivity index (χ1n) is 12.9. The van der Waals surface area contributed by atoms with Gasteiger partial charge in [0.15, 0.2) is 24.7 Å². The maximum Gasteiger partial charge on any atom is 0.481 e. The number of halogens is 1. The summed E-state index contributed by atoms with van der Waals surface area (Å²) in [6, 6.07) is 4.40. The fourth-order valence-corrected chi connectivity index (χ4v) is 7.45. The molecule has 2 saturated heterocycles. The SMILES string of the molecule is NC(=O)c1ccc[n+]([C@@H]2O[C@H](COP(=O)(O)OP(=O)(O)OC[C@H]3O[C@@H](n4c(Br)cc5c(N)ncnc54)[C@H](O)[C@@H]3O)[C@@H](O)[C@H]2O)c1. The van der Waals surface area contributed by atoms with Gasteiger partial charge in [-0.05, 0) is 28.1 Å². The first kappa shape index (κ1) is 33.9. The molecule has 2 fully saturated rings. The van der Waals surface area contributed by atoms with Crippen LogP contribution in [0.25, 0.3) is 11.0 Å². The summed E-state index contributed by atoms with van der Waals surface area (Å²) in [6.07, 6.45) is -8.02. The number of carbonyl (C=O) groups is 1. The highest BCUT2D eigenvalue weighted by atomic mass is 79.9. The van der Waals surface area contributed by atoms with Gasteiger partial charge >= 0.3 is 15.6 Å². The second-order valence-corrected chi connectivity index (χ2v) is 13.8. The molecule has 2 aliphatic heterocycles. The number of aliphatic hydroxyl groups excluding tert-OH is 4. The molecule has 23 heteroatoms. The Hall–Kier alpha value is -2.46. The molecular formula is C22H28BrN6O14P2+. The Balaban J connectivity index is 1.17. The maximum atomic E-state index is 12.5. The van der Waals surface area contributed by atoms with Crippen molar-refractivity contribution in [2.45, 2.75) is 49.1 Å². The standard InChI is InChI=1S/C22H27BrN6O14P2/c23-13-4-10-18(24)26-8-27-20(10)29(13)22-17(33)15(31)12(42-22)7-40-45(37,38)43-44(35,36)39-6-11-14(30)16(32)21(41-11)28-3-1-2-9(5-28)19(25)34/h1-5,8,11-12,14-17,21-22,30-33H,6-7H2,(H5-,24,25,26,27,34,35,36,37,38)/p+1/t11-,12-,14-,15-,16-,17-,21-,22-/m1/s1. The third-order valence-corrected chi connectivity index (χ3v) is 10.2. The van der Waals surface area contributed by atoms with Crippen LogP contribution >= 0.6 is 31.6 Å². The minimum atomic E-state index is -5.38. The van der Waals surface area contributed by atoms with E-state index in [4.69, 9.17) is 30.0 Å². The first-order valence-corrected chi connectivity index (χ1v) is 16.6. The van der Waals surface area contributed by atoms with E-state index >= 15 is 0 Å². The van der Waals surface area contributed by atoms with Crippen LogP contribution in [0.2, 0.25) is 0 Å². The molecule has 0 aliphatic carbocycles. The van der Waals surface area contributed by atoms with Gasteiger partial charge < -0.3 is 51.2 Å². The van der Waals surface area contributed by atoms with Crippen molar-refractivity contribution in [3.05, 3.63) is 47.1 Å². The smallest absolute Gasteiger partial charge is 0.387 e. The highest BCUT2D eigenvalue weighted by Crippen LogP contribution is 2.60. The van der Waals surface area contributed by atoms with Gasteiger partial charge in [-0.15, -0.1) is 0 Å². The fourth-order valence-electron chi connectivity index (χ4n) is 4.76. The molecule has 0 radical (unpaired) electrons. The van der Waals surface area contributed by atoms with E-state index in [0.29, 0.717) is 9.99 Å². The molecule has 0 bridgehead atoms.